The largest absolute Gasteiger partial charge is 0.417 e. The van der Waals surface area contributed by atoms with Crippen molar-refractivity contribution >= 4 is 21.7 Å². The zero-order valence-corrected chi connectivity index (χ0v) is 9.58. The molecule has 3 aromatic rings. The molecule has 0 aliphatic heterocycles. The molecular formula is C14H8F3NO. The molecule has 2 nitrogen and oxygen atoms in total. The Morgan fingerprint density at radius 3 is 2.42 bits per heavy atom. The van der Waals surface area contributed by atoms with Crippen LogP contribution >= 0.6 is 0 Å². The second-order valence-electron chi connectivity index (χ2n) is 4.25. The number of hydrogen-bond donors (Lipinski definition) is 1. The Bertz CT molecular complexity index is 833. The van der Waals surface area contributed by atoms with Crippen molar-refractivity contribution < 1.29 is 13.2 Å². The molecule has 0 atom stereocenters. The van der Waals surface area contributed by atoms with Crippen LogP contribution in [0.15, 0.2) is 47.3 Å². The minimum absolute atomic E-state index is 0.00537. The van der Waals surface area contributed by atoms with Crippen molar-refractivity contribution in [3.05, 3.63) is 58.4 Å². The van der Waals surface area contributed by atoms with Gasteiger partial charge in [0, 0.05) is 16.8 Å². The number of benzene rings is 2. The van der Waals surface area contributed by atoms with Crippen LogP contribution in [0.3, 0.4) is 0 Å². The summed E-state index contributed by atoms with van der Waals surface area (Å²) in [5, 5.41) is 1.39. The monoisotopic (exact) mass is 263 g/mol. The molecule has 2 aromatic carbocycles. The van der Waals surface area contributed by atoms with Gasteiger partial charge in [-0.25, -0.2) is 0 Å². The molecule has 1 N–H and O–H groups in total. The maximum absolute atomic E-state index is 12.9. The van der Waals surface area contributed by atoms with Crippen LogP contribution in [0.1, 0.15) is 5.56 Å². The number of alkyl halides is 3. The third-order valence-electron chi connectivity index (χ3n) is 3.05. The lowest BCUT2D eigenvalue weighted by molar-refractivity contribution is -0.136. The molecule has 0 saturated carbocycles. The molecule has 0 aliphatic rings. The van der Waals surface area contributed by atoms with Gasteiger partial charge in [0.1, 0.15) is 0 Å². The highest BCUT2D eigenvalue weighted by Gasteiger charge is 2.33. The summed E-state index contributed by atoms with van der Waals surface area (Å²) in [7, 11) is 0. The van der Waals surface area contributed by atoms with Gasteiger partial charge in [0.15, 0.2) is 0 Å². The van der Waals surface area contributed by atoms with Crippen LogP contribution in [-0.4, -0.2) is 4.98 Å². The zero-order chi connectivity index (χ0) is 13.6. The molecule has 0 saturated heterocycles. The van der Waals surface area contributed by atoms with Crippen molar-refractivity contribution in [3.8, 4) is 0 Å². The van der Waals surface area contributed by atoms with Gasteiger partial charge < -0.3 is 4.98 Å². The predicted octanol–water partition coefficient (Wildman–Crippen LogP) is 3.70. The summed E-state index contributed by atoms with van der Waals surface area (Å²) in [4.78, 5) is 13.9. The van der Waals surface area contributed by atoms with Crippen LogP contribution in [0.5, 0.6) is 0 Å². The van der Waals surface area contributed by atoms with Crippen molar-refractivity contribution in [3.63, 3.8) is 0 Å². The molecule has 0 aliphatic carbocycles. The molecule has 3 rings (SSSR count). The van der Waals surface area contributed by atoms with E-state index in [4.69, 9.17) is 0 Å². The molecule has 0 unspecified atom stereocenters. The van der Waals surface area contributed by atoms with Gasteiger partial charge in [-0.2, -0.15) is 13.2 Å². The lowest BCUT2D eigenvalue weighted by Crippen LogP contribution is -2.14. The quantitative estimate of drug-likeness (QED) is 0.616. The number of nitrogens with one attached hydrogen (secondary N) is 1. The molecule has 0 bridgehead atoms. The fraction of sp³-hybridized carbons (Fsp3) is 0.0714. The molecule has 19 heavy (non-hydrogen) atoms. The Balaban J connectivity index is 2.55. The first-order valence-electron chi connectivity index (χ1n) is 5.59. The van der Waals surface area contributed by atoms with Crippen LogP contribution in [0.4, 0.5) is 13.2 Å². The standard InChI is InChI=1S/C14H8F3NO/c15-14(16,17)11-7-12(19)18-13-9-4-2-1-3-8(9)5-6-10(11)13/h1-7H,(H,18,19). The topological polar surface area (TPSA) is 32.9 Å². The van der Waals surface area contributed by atoms with Crippen LogP contribution in [0.2, 0.25) is 0 Å². The van der Waals surface area contributed by atoms with E-state index in [0.717, 1.165) is 5.39 Å². The first-order valence-corrected chi connectivity index (χ1v) is 5.59. The molecule has 5 heteroatoms. The average molecular weight is 263 g/mol. The first kappa shape index (κ1) is 11.8. The fourth-order valence-electron chi connectivity index (χ4n) is 2.23. The van der Waals surface area contributed by atoms with E-state index in [9.17, 15) is 18.0 Å². The summed E-state index contributed by atoms with van der Waals surface area (Å²) in [6.07, 6.45) is -4.55. The van der Waals surface area contributed by atoms with E-state index in [0.29, 0.717) is 11.5 Å². The lowest BCUT2D eigenvalue weighted by Gasteiger charge is -2.11. The maximum Gasteiger partial charge on any atom is 0.417 e. The van der Waals surface area contributed by atoms with Gasteiger partial charge in [-0.1, -0.05) is 36.4 Å². The van der Waals surface area contributed by atoms with Gasteiger partial charge >= 0.3 is 6.18 Å². The first-order chi connectivity index (χ1) is 8.97. The number of H-pyrrole nitrogens is 1. The predicted molar refractivity (Wildman–Crippen MR) is 67.1 cm³/mol. The molecule has 1 aromatic heterocycles. The minimum atomic E-state index is -4.55. The van der Waals surface area contributed by atoms with Gasteiger partial charge in [-0.05, 0) is 5.39 Å². The molecule has 0 spiro atoms. The van der Waals surface area contributed by atoms with E-state index in [1.807, 2.05) is 0 Å². The molecule has 1 heterocycles. The number of aromatic nitrogens is 1. The van der Waals surface area contributed by atoms with Crippen molar-refractivity contribution in [1.29, 1.82) is 0 Å². The third kappa shape index (κ3) is 1.87. The second-order valence-corrected chi connectivity index (χ2v) is 4.25. The van der Waals surface area contributed by atoms with E-state index in [-0.39, 0.29) is 10.9 Å². The van der Waals surface area contributed by atoms with Crippen LogP contribution < -0.4 is 5.56 Å². The Morgan fingerprint density at radius 1 is 0.947 bits per heavy atom. The Kier molecular flexibility index (Phi) is 2.38. The Hall–Kier alpha value is -2.30. The van der Waals surface area contributed by atoms with E-state index >= 15 is 0 Å². The summed E-state index contributed by atoms with van der Waals surface area (Å²) in [5.41, 5.74) is -1.44. The third-order valence-corrected chi connectivity index (χ3v) is 3.05. The number of aromatic amines is 1. The molecule has 0 radical (unpaired) electrons. The van der Waals surface area contributed by atoms with Crippen LogP contribution in [0.25, 0.3) is 21.7 Å². The molecule has 0 fully saturated rings. The highest BCUT2D eigenvalue weighted by molar-refractivity contribution is 6.06. The number of fused-ring (bicyclic) bond motifs is 3. The van der Waals surface area contributed by atoms with Gasteiger partial charge in [-0.15, -0.1) is 0 Å². The summed E-state index contributed by atoms with van der Waals surface area (Å²) in [6, 6.07) is 10.6. The lowest BCUT2D eigenvalue weighted by atomic mass is 10.0. The number of rotatable bonds is 0. The minimum Gasteiger partial charge on any atom is -0.321 e. The highest BCUT2D eigenvalue weighted by Crippen LogP contribution is 2.35. The number of pyridine rings is 1. The van der Waals surface area contributed by atoms with Gasteiger partial charge in [0.2, 0.25) is 5.56 Å². The van der Waals surface area contributed by atoms with Gasteiger partial charge in [0.25, 0.3) is 0 Å². The van der Waals surface area contributed by atoms with E-state index < -0.39 is 17.3 Å². The number of hydrogen-bond acceptors (Lipinski definition) is 1. The maximum atomic E-state index is 12.9. The van der Waals surface area contributed by atoms with Crippen molar-refractivity contribution in [2.45, 2.75) is 6.18 Å². The number of halogens is 3. The Labute approximate surface area is 105 Å². The second kappa shape index (κ2) is 3.85. The summed E-state index contributed by atoms with van der Waals surface area (Å²) in [5.74, 6) is 0. The van der Waals surface area contributed by atoms with E-state index in [1.54, 1.807) is 30.3 Å². The van der Waals surface area contributed by atoms with Crippen molar-refractivity contribution in [2.24, 2.45) is 0 Å². The summed E-state index contributed by atoms with van der Waals surface area (Å²) in [6.45, 7) is 0. The Morgan fingerprint density at radius 2 is 1.68 bits per heavy atom. The summed E-state index contributed by atoms with van der Waals surface area (Å²) < 4.78 is 38.8. The fourth-order valence-corrected chi connectivity index (χ4v) is 2.23. The highest BCUT2D eigenvalue weighted by atomic mass is 19.4. The van der Waals surface area contributed by atoms with Crippen molar-refractivity contribution in [2.75, 3.05) is 0 Å². The molecular weight excluding hydrogens is 255 g/mol. The van der Waals surface area contributed by atoms with Crippen LogP contribution in [0, 0.1) is 0 Å². The van der Waals surface area contributed by atoms with Crippen LogP contribution in [-0.2, 0) is 6.18 Å². The van der Waals surface area contributed by atoms with E-state index in [1.165, 1.54) is 6.07 Å². The summed E-state index contributed by atoms with van der Waals surface area (Å²) >= 11 is 0. The average Bonchev–Trinajstić information content (AvgIpc) is 2.36. The molecule has 0 amide bonds. The normalized spacial score (nSPS) is 12.2. The SMILES string of the molecule is O=c1cc(C(F)(F)F)c2ccc3ccccc3c2[nH]1. The zero-order valence-electron chi connectivity index (χ0n) is 9.58. The smallest absolute Gasteiger partial charge is 0.321 e. The van der Waals surface area contributed by atoms with Gasteiger partial charge in [0.05, 0.1) is 11.1 Å². The molecule has 96 valence electrons. The van der Waals surface area contributed by atoms with Crippen molar-refractivity contribution in [1.82, 2.24) is 4.98 Å². The van der Waals surface area contributed by atoms with Gasteiger partial charge in [-0.3, -0.25) is 4.79 Å². The van der Waals surface area contributed by atoms with E-state index in [2.05, 4.69) is 4.98 Å².